The third kappa shape index (κ3) is 7.12. The van der Waals surface area contributed by atoms with E-state index >= 15 is 0 Å². The number of rotatable bonds is 10. The van der Waals surface area contributed by atoms with Gasteiger partial charge in [-0.2, -0.15) is 0 Å². The number of esters is 3. The van der Waals surface area contributed by atoms with Crippen LogP contribution in [0, 0.1) is 5.41 Å². The molecule has 1 atom stereocenters. The first kappa shape index (κ1) is 22.1. The number of ether oxygens (including phenoxy) is 4. The normalized spacial score (nSPS) is 14.1. The van der Waals surface area contributed by atoms with Crippen molar-refractivity contribution >= 4 is 17.9 Å². The van der Waals surface area contributed by atoms with E-state index in [0.29, 0.717) is 13.0 Å². The highest BCUT2D eigenvalue weighted by atomic mass is 16.6. The zero-order chi connectivity index (χ0) is 18.8. The molecule has 0 aromatic carbocycles. The summed E-state index contributed by atoms with van der Waals surface area (Å²) < 4.78 is 19.9. The van der Waals surface area contributed by atoms with Crippen molar-refractivity contribution in [3.63, 3.8) is 0 Å². The van der Waals surface area contributed by atoms with Crippen LogP contribution in [-0.4, -0.2) is 50.4 Å². The number of methoxy groups -OCH3 is 1. The van der Waals surface area contributed by atoms with Crippen LogP contribution in [0.3, 0.4) is 0 Å². The Hall–Kier alpha value is -1.89. The van der Waals surface area contributed by atoms with Crippen molar-refractivity contribution in [3.8, 4) is 0 Å². The molecule has 0 bridgehead atoms. The summed E-state index contributed by atoms with van der Waals surface area (Å²) in [5.41, 5.74) is -2.25. The Bertz CT molecular complexity index is 468. The highest BCUT2D eigenvalue weighted by Crippen LogP contribution is 2.26. The zero-order valence-corrected chi connectivity index (χ0v) is 15.3. The fraction of sp³-hybridized carbons (Fsp3) is 0.706. The first-order chi connectivity index (χ1) is 11.1. The van der Waals surface area contributed by atoms with Gasteiger partial charge in [0.05, 0.1) is 26.9 Å². The standard InChI is InChI=1S/C17H28O7/c1-7-22-13(18)10-9-11-16(3,4)12-24-17(5,14(19)21-6)15(20)23-8-2/h9-10H,7-8,11-12H2,1-6H3/b10-9+/t17-/m1/s1. The van der Waals surface area contributed by atoms with Gasteiger partial charge in [0, 0.05) is 6.08 Å². The van der Waals surface area contributed by atoms with Gasteiger partial charge in [0.15, 0.2) is 0 Å². The molecule has 0 aromatic rings. The van der Waals surface area contributed by atoms with Gasteiger partial charge in [-0.3, -0.25) is 0 Å². The molecule has 138 valence electrons. The van der Waals surface area contributed by atoms with E-state index in [0.717, 1.165) is 0 Å². The lowest BCUT2D eigenvalue weighted by atomic mass is 9.90. The molecule has 7 nitrogen and oxygen atoms in total. The quantitative estimate of drug-likeness (QED) is 0.259. The lowest BCUT2D eigenvalue weighted by Gasteiger charge is -2.30. The molecule has 0 saturated carbocycles. The summed E-state index contributed by atoms with van der Waals surface area (Å²) in [6, 6.07) is 0. The first-order valence-electron chi connectivity index (χ1n) is 7.85. The molecule has 0 aromatic heterocycles. The van der Waals surface area contributed by atoms with Crippen molar-refractivity contribution in [1.29, 1.82) is 0 Å². The molecule has 24 heavy (non-hydrogen) atoms. The lowest BCUT2D eigenvalue weighted by molar-refractivity contribution is -0.190. The van der Waals surface area contributed by atoms with Crippen LogP contribution in [-0.2, 0) is 33.3 Å². The molecule has 0 amide bonds. The van der Waals surface area contributed by atoms with Gasteiger partial charge in [-0.1, -0.05) is 19.9 Å². The molecule has 0 radical (unpaired) electrons. The fourth-order valence-corrected chi connectivity index (χ4v) is 1.73. The molecule has 0 unspecified atom stereocenters. The molecular weight excluding hydrogens is 316 g/mol. The lowest BCUT2D eigenvalue weighted by Crippen LogP contribution is -2.49. The Balaban J connectivity index is 4.85. The number of carbonyl (C=O) groups is 3. The summed E-state index contributed by atoms with van der Waals surface area (Å²) >= 11 is 0. The van der Waals surface area contributed by atoms with Crippen LogP contribution in [0.5, 0.6) is 0 Å². The molecule has 0 saturated heterocycles. The van der Waals surface area contributed by atoms with Gasteiger partial charge < -0.3 is 18.9 Å². The molecule has 0 rings (SSSR count). The summed E-state index contributed by atoms with van der Waals surface area (Å²) in [4.78, 5) is 35.2. The Labute approximate surface area is 143 Å². The number of allylic oxidation sites excluding steroid dienone is 1. The molecule has 0 aliphatic carbocycles. The molecule has 0 spiro atoms. The van der Waals surface area contributed by atoms with E-state index < -0.39 is 28.9 Å². The second kappa shape index (κ2) is 10.1. The maximum absolute atomic E-state index is 12.0. The van der Waals surface area contributed by atoms with Gasteiger partial charge >= 0.3 is 17.9 Å². The average Bonchev–Trinajstić information content (AvgIpc) is 2.52. The Morgan fingerprint density at radius 3 is 2.04 bits per heavy atom. The van der Waals surface area contributed by atoms with Crippen LogP contribution in [0.15, 0.2) is 12.2 Å². The number of carbonyl (C=O) groups excluding carboxylic acids is 3. The van der Waals surface area contributed by atoms with Gasteiger partial charge in [0.25, 0.3) is 5.60 Å². The van der Waals surface area contributed by atoms with Crippen molar-refractivity contribution in [2.24, 2.45) is 5.41 Å². The van der Waals surface area contributed by atoms with Gasteiger partial charge in [-0.15, -0.1) is 0 Å². The minimum Gasteiger partial charge on any atom is -0.466 e. The SMILES string of the molecule is CCOC(=O)/C=C/CC(C)(C)CO[C@](C)(C(=O)OC)C(=O)OCC. The predicted molar refractivity (Wildman–Crippen MR) is 87.2 cm³/mol. The van der Waals surface area contributed by atoms with Gasteiger partial charge in [0.1, 0.15) is 0 Å². The summed E-state index contributed by atoms with van der Waals surface area (Å²) in [7, 11) is 1.18. The van der Waals surface area contributed by atoms with Gasteiger partial charge in [0.2, 0.25) is 0 Å². The van der Waals surface area contributed by atoms with E-state index in [1.807, 2.05) is 13.8 Å². The van der Waals surface area contributed by atoms with Crippen molar-refractivity contribution < 1.29 is 33.3 Å². The summed E-state index contributed by atoms with van der Waals surface area (Å²) in [5.74, 6) is -2.03. The molecule has 0 aliphatic rings. The van der Waals surface area contributed by atoms with Crippen molar-refractivity contribution in [2.45, 2.75) is 46.6 Å². The van der Waals surface area contributed by atoms with Crippen LogP contribution in [0.1, 0.15) is 41.0 Å². The topological polar surface area (TPSA) is 88.1 Å². The van der Waals surface area contributed by atoms with Crippen LogP contribution < -0.4 is 0 Å². The van der Waals surface area contributed by atoms with Crippen LogP contribution in [0.25, 0.3) is 0 Å². The zero-order valence-electron chi connectivity index (χ0n) is 15.3. The third-order valence-electron chi connectivity index (χ3n) is 3.20. The van der Waals surface area contributed by atoms with Crippen molar-refractivity contribution in [3.05, 3.63) is 12.2 Å². The Morgan fingerprint density at radius 1 is 0.958 bits per heavy atom. The predicted octanol–water partition coefficient (Wildman–Crippen LogP) is 2.03. The van der Waals surface area contributed by atoms with E-state index in [9.17, 15) is 14.4 Å². The fourth-order valence-electron chi connectivity index (χ4n) is 1.73. The minimum absolute atomic E-state index is 0.0879. The van der Waals surface area contributed by atoms with Crippen molar-refractivity contribution in [1.82, 2.24) is 0 Å². The third-order valence-corrected chi connectivity index (χ3v) is 3.20. The first-order valence-corrected chi connectivity index (χ1v) is 7.85. The Morgan fingerprint density at radius 2 is 1.54 bits per heavy atom. The molecule has 0 aliphatic heterocycles. The van der Waals surface area contributed by atoms with E-state index in [2.05, 4.69) is 4.74 Å². The second-order valence-corrected chi connectivity index (χ2v) is 6.06. The highest BCUT2D eigenvalue weighted by Gasteiger charge is 2.46. The largest absolute Gasteiger partial charge is 0.466 e. The van der Waals surface area contributed by atoms with Gasteiger partial charge in [-0.05, 0) is 32.6 Å². The van der Waals surface area contributed by atoms with Gasteiger partial charge in [-0.25, -0.2) is 14.4 Å². The maximum atomic E-state index is 12.0. The van der Waals surface area contributed by atoms with E-state index in [-0.39, 0.29) is 13.2 Å². The maximum Gasteiger partial charge on any atom is 0.349 e. The molecular formula is C17H28O7. The summed E-state index contributed by atoms with van der Waals surface area (Å²) in [6.07, 6.45) is 3.50. The number of hydrogen-bond donors (Lipinski definition) is 0. The van der Waals surface area contributed by atoms with Crippen LogP contribution >= 0.6 is 0 Å². The Kier molecular flexibility index (Phi) is 9.28. The van der Waals surface area contributed by atoms with Crippen LogP contribution in [0.4, 0.5) is 0 Å². The van der Waals surface area contributed by atoms with Crippen LogP contribution in [0.2, 0.25) is 0 Å². The highest BCUT2D eigenvalue weighted by molar-refractivity contribution is 6.03. The van der Waals surface area contributed by atoms with E-state index in [4.69, 9.17) is 14.2 Å². The molecule has 7 heteroatoms. The van der Waals surface area contributed by atoms with E-state index in [1.165, 1.54) is 20.1 Å². The van der Waals surface area contributed by atoms with E-state index in [1.54, 1.807) is 19.9 Å². The molecule has 0 fully saturated rings. The monoisotopic (exact) mass is 344 g/mol. The average molecular weight is 344 g/mol. The van der Waals surface area contributed by atoms with Crippen molar-refractivity contribution in [2.75, 3.05) is 26.9 Å². The summed E-state index contributed by atoms with van der Waals surface area (Å²) in [5, 5.41) is 0. The molecule has 0 N–H and O–H groups in total. The molecule has 0 heterocycles. The summed E-state index contributed by atoms with van der Waals surface area (Å²) in [6.45, 7) is 8.97. The second-order valence-electron chi connectivity index (χ2n) is 6.06. The smallest absolute Gasteiger partial charge is 0.349 e. The number of hydrogen-bond acceptors (Lipinski definition) is 7. The minimum atomic E-state index is -1.83.